The summed E-state index contributed by atoms with van der Waals surface area (Å²) in [6, 6.07) is 3.94. The van der Waals surface area contributed by atoms with Gasteiger partial charge in [0.2, 0.25) is 5.91 Å². The Bertz CT molecular complexity index is 658. The third-order valence-corrected chi connectivity index (χ3v) is 5.31. The van der Waals surface area contributed by atoms with Crippen molar-refractivity contribution in [3.8, 4) is 0 Å². The highest BCUT2D eigenvalue weighted by atomic mass is 32.1. The van der Waals surface area contributed by atoms with Gasteiger partial charge in [-0.1, -0.05) is 6.07 Å². The van der Waals surface area contributed by atoms with Crippen LogP contribution in [0.5, 0.6) is 0 Å². The maximum atomic E-state index is 12.3. The first kappa shape index (κ1) is 15.2. The van der Waals surface area contributed by atoms with E-state index in [2.05, 4.69) is 4.98 Å². The zero-order valence-electron chi connectivity index (χ0n) is 12.3. The largest absolute Gasteiger partial charge is 0.339 e. The third-order valence-electron chi connectivity index (χ3n) is 3.66. The van der Waals surface area contributed by atoms with E-state index in [0.717, 1.165) is 9.88 Å². The molecule has 0 aliphatic carbocycles. The molecule has 1 aliphatic heterocycles. The molecule has 0 saturated carbocycles. The van der Waals surface area contributed by atoms with E-state index in [1.165, 1.54) is 11.3 Å². The molecule has 0 radical (unpaired) electrons. The van der Waals surface area contributed by atoms with Crippen molar-refractivity contribution in [3.63, 3.8) is 0 Å². The van der Waals surface area contributed by atoms with Gasteiger partial charge in [0, 0.05) is 36.4 Å². The van der Waals surface area contributed by atoms with Crippen molar-refractivity contribution in [2.75, 3.05) is 26.2 Å². The number of thiazole rings is 1. The third kappa shape index (κ3) is 3.36. The fourth-order valence-electron chi connectivity index (χ4n) is 2.46. The van der Waals surface area contributed by atoms with Gasteiger partial charge in [-0.05, 0) is 18.4 Å². The molecule has 1 aliphatic rings. The Morgan fingerprint density at radius 1 is 1.18 bits per heavy atom. The standard InChI is InChI=1S/C15H17N3O2S2/c1-11-16-13(10-22-11)15(20)18-6-4-17(5-7-18)14(19)9-12-3-2-8-21-12/h2-3,8,10H,4-7,9H2,1H3. The molecule has 2 aromatic rings. The number of thiophene rings is 1. The molecule has 0 unspecified atom stereocenters. The van der Waals surface area contributed by atoms with Gasteiger partial charge in [-0.25, -0.2) is 4.98 Å². The minimum Gasteiger partial charge on any atom is -0.339 e. The van der Waals surface area contributed by atoms with Crippen molar-refractivity contribution in [1.29, 1.82) is 0 Å². The number of amides is 2. The fraction of sp³-hybridized carbons (Fsp3) is 0.400. The molecule has 0 N–H and O–H groups in total. The van der Waals surface area contributed by atoms with Gasteiger partial charge >= 0.3 is 0 Å². The second kappa shape index (κ2) is 6.58. The maximum Gasteiger partial charge on any atom is 0.273 e. The summed E-state index contributed by atoms with van der Waals surface area (Å²) in [6.07, 6.45) is 0.455. The van der Waals surface area contributed by atoms with Crippen molar-refractivity contribution in [1.82, 2.24) is 14.8 Å². The van der Waals surface area contributed by atoms with Gasteiger partial charge in [0.1, 0.15) is 5.69 Å². The van der Waals surface area contributed by atoms with Crippen molar-refractivity contribution in [2.45, 2.75) is 13.3 Å². The van der Waals surface area contributed by atoms with Crippen LogP contribution >= 0.6 is 22.7 Å². The van der Waals surface area contributed by atoms with Crippen LogP contribution in [-0.2, 0) is 11.2 Å². The quantitative estimate of drug-likeness (QED) is 0.862. The highest BCUT2D eigenvalue weighted by molar-refractivity contribution is 7.10. The van der Waals surface area contributed by atoms with Crippen LogP contribution in [-0.4, -0.2) is 52.8 Å². The lowest BCUT2D eigenvalue weighted by molar-refractivity contribution is -0.131. The number of carbonyl (C=O) groups excluding carboxylic acids is 2. The molecule has 0 aromatic carbocycles. The Hall–Kier alpha value is -1.73. The van der Waals surface area contributed by atoms with Gasteiger partial charge in [-0.2, -0.15) is 0 Å². The number of hydrogen-bond donors (Lipinski definition) is 0. The highest BCUT2D eigenvalue weighted by Gasteiger charge is 2.25. The molecule has 1 fully saturated rings. The number of piperazine rings is 1. The van der Waals surface area contributed by atoms with Gasteiger partial charge < -0.3 is 9.80 Å². The predicted molar refractivity (Wildman–Crippen MR) is 87.4 cm³/mol. The van der Waals surface area contributed by atoms with Crippen LogP contribution in [0.15, 0.2) is 22.9 Å². The topological polar surface area (TPSA) is 53.5 Å². The van der Waals surface area contributed by atoms with Gasteiger partial charge in [0.25, 0.3) is 5.91 Å². The average Bonchev–Trinajstić information content (AvgIpc) is 3.18. The molecule has 0 spiro atoms. The first-order valence-corrected chi connectivity index (χ1v) is 8.91. The monoisotopic (exact) mass is 335 g/mol. The van der Waals surface area contributed by atoms with Crippen molar-refractivity contribution in [3.05, 3.63) is 38.5 Å². The first-order chi connectivity index (χ1) is 10.6. The summed E-state index contributed by atoms with van der Waals surface area (Å²) in [5.74, 6) is 0.105. The molecule has 5 nitrogen and oxygen atoms in total. The molecular weight excluding hydrogens is 318 g/mol. The van der Waals surface area contributed by atoms with E-state index in [-0.39, 0.29) is 11.8 Å². The Morgan fingerprint density at radius 2 is 1.91 bits per heavy atom. The number of carbonyl (C=O) groups is 2. The molecule has 2 amide bonds. The molecule has 0 bridgehead atoms. The summed E-state index contributed by atoms with van der Waals surface area (Å²) in [6.45, 7) is 4.23. The van der Waals surface area contributed by atoms with Crippen molar-refractivity contribution >= 4 is 34.5 Å². The minimum atomic E-state index is -0.0327. The fourth-order valence-corrected chi connectivity index (χ4v) is 3.74. The Balaban J connectivity index is 1.54. The summed E-state index contributed by atoms with van der Waals surface area (Å²) in [7, 11) is 0. The van der Waals surface area contributed by atoms with Crippen LogP contribution in [0.1, 0.15) is 20.4 Å². The molecule has 2 aromatic heterocycles. The maximum absolute atomic E-state index is 12.3. The lowest BCUT2D eigenvalue weighted by Gasteiger charge is -2.34. The van der Waals surface area contributed by atoms with Crippen LogP contribution < -0.4 is 0 Å². The molecule has 7 heteroatoms. The Labute approximate surface area is 137 Å². The Morgan fingerprint density at radius 3 is 2.50 bits per heavy atom. The molecule has 3 heterocycles. The molecule has 3 rings (SSSR count). The van der Waals surface area contributed by atoms with E-state index in [1.807, 2.05) is 29.3 Å². The van der Waals surface area contributed by atoms with E-state index in [4.69, 9.17) is 0 Å². The number of aromatic nitrogens is 1. The SMILES string of the molecule is Cc1nc(C(=O)N2CCN(C(=O)Cc3cccs3)CC2)cs1. The minimum absolute atomic E-state index is 0.0327. The average molecular weight is 335 g/mol. The lowest BCUT2D eigenvalue weighted by Crippen LogP contribution is -2.51. The Kier molecular flexibility index (Phi) is 4.54. The van der Waals surface area contributed by atoms with Crippen molar-refractivity contribution in [2.24, 2.45) is 0 Å². The van der Waals surface area contributed by atoms with Gasteiger partial charge in [0.05, 0.1) is 11.4 Å². The number of nitrogens with zero attached hydrogens (tertiary/aromatic N) is 3. The van der Waals surface area contributed by atoms with E-state index in [0.29, 0.717) is 38.3 Å². The highest BCUT2D eigenvalue weighted by Crippen LogP contribution is 2.14. The van der Waals surface area contributed by atoms with Crippen LogP contribution in [0.3, 0.4) is 0 Å². The normalized spacial score (nSPS) is 15.1. The van der Waals surface area contributed by atoms with E-state index in [9.17, 15) is 9.59 Å². The van der Waals surface area contributed by atoms with E-state index in [1.54, 1.807) is 21.6 Å². The summed E-state index contributed by atoms with van der Waals surface area (Å²) in [4.78, 5) is 33.5. The van der Waals surface area contributed by atoms with Gasteiger partial charge in [-0.3, -0.25) is 9.59 Å². The number of hydrogen-bond acceptors (Lipinski definition) is 5. The number of rotatable bonds is 3. The second-order valence-corrected chi connectivity index (χ2v) is 7.28. The van der Waals surface area contributed by atoms with Crippen LogP contribution in [0.4, 0.5) is 0 Å². The van der Waals surface area contributed by atoms with Gasteiger partial charge in [0.15, 0.2) is 0 Å². The van der Waals surface area contributed by atoms with Crippen LogP contribution in [0.2, 0.25) is 0 Å². The van der Waals surface area contributed by atoms with Crippen LogP contribution in [0.25, 0.3) is 0 Å². The van der Waals surface area contributed by atoms with Crippen molar-refractivity contribution < 1.29 is 9.59 Å². The predicted octanol–water partition coefficient (Wildman–Crippen LogP) is 2.04. The zero-order valence-corrected chi connectivity index (χ0v) is 14.0. The molecule has 116 valence electrons. The summed E-state index contributed by atoms with van der Waals surface area (Å²) in [5.41, 5.74) is 0.515. The van der Waals surface area contributed by atoms with Gasteiger partial charge in [-0.15, -0.1) is 22.7 Å². The summed E-state index contributed by atoms with van der Waals surface area (Å²) in [5, 5.41) is 4.68. The smallest absolute Gasteiger partial charge is 0.273 e. The molecule has 22 heavy (non-hydrogen) atoms. The lowest BCUT2D eigenvalue weighted by atomic mass is 10.2. The molecule has 1 saturated heterocycles. The summed E-state index contributed by atoms with van der Waals surface area (Å²) >= 11 is 3.08. The van der Waals surface area contributed by atoms with Crippen LogP contribution in [0, 0.1) is 6.92 Å². The molecular formula is C15H17N3O2S2. The molecule has 0 atom stereocenters. The van der Waals surface area contributed by atoms with E-state index >= 15 is 0 Å². The summed E-state index contributed by atoms with van der Waals surface area (Å²) < 4.78 is 0. The second-order valence-electron chi connectivity index (χ2n) is 5.18. The first-order valence-electron chi connectivity index (χ1n) is 7.15. The number of aryl methyl sites for hydroxylation is 1. The van der Waals surface area contributed by atoms with E-state index < -0.39 is 0 Å². The zero-order chi connectivity index (χ0) is 15.5.